The van der Waals surface area contributed by atoms with Crippen LogP contribution in [-0.4, -0.2) is 36.5 Å². The van der Waals surface area contributed by atoms with Crippen molar-refractivity contribution in [3.8, 4) is 0 Å². The number of carbonyl (C=O) groups excluding carboxylic acids is 1. The largest absolute Gasteiger partial charge is 0.338 e. The highest BCUT2D eigenvalue weighted by Gasteiger charge is 2.20. The number of aromatic nitrogens is 5. The molecule has 0 bridgehead atoms. The third-order valence-electron chi connectivity index (χ3n) is 3.17. The van der Waals surface area contributed by atoms with Crippen molar-refractivity contribution in [1.82, 2.24) is 25.4 Å². The molecule has 1 N–H and O–H groups in total. The van der Waals surface area contributed by atoms with Crippen LogP contribution in [0.5, 0.6) is 0 Å². The van der Waals surface area contributed by atoms with Crippen LogP contribution in [0.15, 0.2) is 33.3 Å². The minimum Gasteiger partial charge on any atom is -0.338 e. The monoisotopic (exact) mass is 364 g/mol. The molecule has 3 heterocycles. The molecule has 3 aromatic rings. The second-order valence-corrected chi connectivity index (χ2v) is 7.44. The lowest BCUT2D eigenvalue weighted by Gasteiger charge is -2.09. The van der Waals surface area contributed by atoms with Crippen LogP contribution in [0.4, 0.5) is 5.88 Å². The van der Waals surface area contributed by atoms with Gasteiger partial charge in [-0.3, -0.25) is 10.1 Å². The zero-order valence-corrected chi connectivity index (χ0v) is 14.8. The zero-order chi connectivity index (χ0) is 16.9. The number of thiophene rings is 1. The van der Waals surface area contributed by atoms with Gasteiger partial charge in [-0.2, -0.15) is 0 Å². The summed E-state index contributed by atoms with van der Waals surface area (Å²) in [4.78, 5) is 13.5. The van der Waals surface area contributed by atoms with Crippen molar-refractivity contribution in [2.45, 2.75) is 37.2 Å². The van der Waals surface area contributed by atoms with Gasteiger partial charge in [0.15, 0.2) is 0 Å². The number of nitrogens with one attached hydrogen (secondary N) is 1. The van der Waals surface area contributed by atoms with E-state index in [1.54, 1.807) is 35.9 Å². The summed E-state index contributed by atoms with van der Waals surface area (Å²) >= 11 is 3.01. The lowest BCUT2D eigenvalue weighted by atomic mass is 10.3. The molecule has 0 spiro atoms. The SMILES string of the molecule is Cc1cc(NC(=O)[C@H](C)Sc2nnnn2CCc2cccs2)on1. The van der Waals surface area contributed by atoms with Crippen LogP contribution in [0, 0.1) is 6.92 Å². The van der Waals surface area contributed by atoms with Crippen LogP contribution in [0.25, 0.3) is 0 Å². The average molecular weight is 364 g/mol. The topological polar surface area (TPSA) is 98.7 Å². The number of carbonyl (C=O) groups is 1. The highest BCUT2D eigenvalue weighted by molar-refractivity contribution is 8.00. The van der Waals surface area contributed by atoms with Gasteiger partial charge in [0.1, 0.15) is 0 Å². The fourth-order valence-corrected chi connectivity index (χ4v) is 3.46. The first-order valence-electron chi connectivity index (χ1n) is 7.31. The normalized spacial score (nSPS) is 12.2. The van der Waals surface area contributed by atoms with Crippen LogP contribution in [-0.2, 0) is 17.8 Å². The van der Waals surface area contributed by atoms with Crippen molar-refractivity contribution in [3.05, 3.63) is 34.2 Å². The van der Waals surface area contributed by atoms with Gasteiger partial charge < -0.3 is 4.52 Å². The van der Waals surface area contributed by atoms with Gasteiger partial charge in [-0.1, -0.05) is 23.0 Å². The van der Waals surface area contributed by atoms with E-state index in [1.807, 2.05) is 11.4 Å². The summed E-state index contributed by atoms with van der Waals surface area (Å²) in [5, 5.41) is 20.4. The maximum Gasteiger partial charge on any atom is 0.240 e. The average Bonchev–Trinajstić information content (AvgIpc) is 3.28. The fraction of sp³-hybridized carbons (Fsp3) is 0.357. The first-order valence-corrected chi connectivity index (χ1v) is 9.07. The molecule has 10 heteroatoms. The van der Waals surface area contributed by atoms with E-state index < -0.39 is 0 Å². The maximum absolute atomic E-state index is 12.2. The molecule has 0 aliphatic heterocycles. The summed E-state index contributed by atoms with van der Waals surface area (Å²) in [7, 11) is 0. The van der Waals surface area contributed by atoms with Gasteiger partial charge >= 0.3 is 0 Å². The predicted molar refractivity (Wildman–Crippen MR) is 91.0 cm³/mol. The molecule has 1 amide bonds. The second kappa shape index (κ2) is 7.58. The van der Waals surface area contributed by atoms with E-state index in [-0.39, 0.29) is 11.2 Å². The molecule has 24 heavy (non-hydrogen) atoms. The third kappa shape index (κ3) is 4.20. The summed E-state index contributed by atoms with van der Waals surface area (Å²) in [5.74, 6) is 0.145. The summed E-state index contributed by atoms with van der Waals surface area (Å²) in [6, 6.07) is 5.77. The number of tetrazole rings is 1. The minimum absolute atomic E-state index is 0.191. The smallest absolute Gasteiger partial charge is 0.240 e. The molecule has 0 fully saturated rings. The number of thioether (sulfide) groups is 1. The van der Waals surface area contributed by atoms with Crippen molar-refractivity contribution in [2.75, 3.05) is 5.32 Å². The van der Waals surface area contributed by atoms with Crippen molar-refractivity contribution in [3.63, 3.8) is 0 Å². The molecule has 0 unspecified atom stereocenters. The van der Waals surface area contributed by atoms with Crippen molar-refractivity contribution in [1.29, 1.82) is 0 Å². The lowest BCUT2D eigenvalue weighted by Crippen LogP contribution is -2.22. The first-order chi connectivity index (χ1) is 11.6. The third-order valence-corrected chi connectivity index (χ3v) is 5.18. The molecule has 0 aliphatic carbocycles. The molecule has 0 saturated carbocycles. The number of hydrogen-bond acceptors (Lipinski definition) is 8. The van der Waals surface area contributed by atoms with E-state index >= 15 is 0 Å². The second-order valence-electron chi connectivity index (χ2n) is 5.10. The minimum atomic E-state index is -0.373. The highest BCUT2D eigenvalue weighted by atomic mass is 32.2. The standard InChI is InChI=1S/C14H16N6O2S2/c1-9-8-12(22-17-9)15-13(21)10(2)24-14-16-18-19-20(14)6-5-11-4-3-7-23-11/h3-4,7-8,10H,5-6H2,1-2H3,(H,15,21)/t10-/m0/s1. The molecule has 126 valence electrons. The molecule has 3 aromatic heterocycles. The zero-order valence-electron chi connectivity index (χ0n) is 13.2. The van der Waals surface area contributed by atoms with Crippen LogP contribution in [0.1, 0.15) is 17.5 Å². The summed E-state index contributed by atoms with van der Waals surface area (Å²) in [6.45, 7) is 4.26. The van der Waals surface area contributed by atoms with Crippen molar-refractivity contribution >= 4 is 34.9 Å². The molecule has 0 radical (unpaired) electrons. The molecule has 1 atom stereocenters. The van der Waals surface area contributed by atoms with E-state index in [0.29, 0.717) is 23.3 Å². The van der Waals surface area contributed by atoms with Crippen LogP contribution < -0.4 is 5.32 Å². The van der Waals surface area contributed by atoms with Crippen LogP contribution in [0.2, 0.25) is 0 Å². The summed E-state index contributed by atoms with van der Waals surface area (Å²) < 4.78 is 6.70. The Balaban J connectivity index is 1.57. The molecular formula is C14H16N6O2S2. The highest BCUT2D eigenvalue weighted by Crippen LogP contribution is 2.22. The van der Waals surface area contributed by atoms with E-state index in [0.717, 1.165) is 6.42 Å². The quantitative estimate of drug-likeness (QED) is 0.643. The molecule has 8 nitrogen and oxygen atoms in total. The lowest BCUT2D eigenvalue weighted by molar-refractivity contribution is -0.115. The molecule has 3 rings (SSSR count). The Kier molecular flexibility index (Phi) is 5.26. The van der Waals surface area contributed by atoms with E-state index in [2.05, 4.69) is 32.1 Å². The van der Waals surface area contributed by atoms with Gasteiger partial charge in [0.25, 0.3) is 0 Å². The van der Waals surface area contributed by atoms with Gasteiger partial charge in [0.05, 0.1) is 17.5 Å². The fourth-order valence-electron chi connectivity index (χ4n) is 1.95. The number of nitrogens with zero attached hydrogens (tertiary/aromatic N) is 5. The van der Waals surface area contributed by atoms with Gasteiger partial charge in [-0.25, -0.2) is 4.68 Å². The van der Waals surface area contributed by atoms with Gasteiger partial charge in [-0.15, -0.1) is 16.4 Å². The summed E-state index contributed by atoms with van der Waals surface area (Å²) in [6.07, 6.45) is 0.855. The molecule has 0 saturated heterocycles. The molecule has 0 aliphatic rings. The van der Waals surface area contributed by atoms with E-state index in [4.69, 9.17) is 4.52 Å². The van der Waals surface area contributed by atoms with Gasteiger partial charge in [0.2, 0.25) is 16.9 Å². The number of aryl methyl sites for hydroxylation is 3. The van der Waals surface area contributed by atoms with Crippen molar-refractivity contribution < 1.29 is 9.32 Å². The number of amides is 1. The van der Waals surface area contributed by atoms with Crippen molar-refractivity contribution in [2.24, 2.45) is 0 Å². The van der Waals surface area contributed by atoms with Crippen LogP contribution in [0.3, 0.4) is 0 Å². The first kappa shape index (κ1) is 16.7. The van der Waals surface area contributed by atoms with Crippen LogP contribution >= 0.6 is 23.1 Å². The molecule has 0 aromatic carbocycles. The Morgan fingerprint density at radius 2 is 2.42 bits per heavy atom. The predicted octanol–water partition coefficient (Wildman–Crippen LogP) is 2.39. The number of anilines is 1. The van der Waals surface area contributed by atoms with Gasteiger partial charge in [0, 0.05) is 17.4 Å². The number of rotatable bonds is 7. The van der Waals surface area contributed by atoms with Gasteiger partial charge in [-0.05, 0) is 35.7 Å². The Morgan fingerprint density at radius 1 is 1.54 bits per heavy atom. The Hall–Kier alpha value is -2.20. The molecular weight excluding hydrogens is 348 g/mol. The van der Waals surface area contributed by atoms with E-state index in [9.17, 15) is 4.79 Å². The Bertz CT molecular complexity index is 798. The summed E-state index contributed by atoms with van der Waals surface area (Å²) in [5.41, 5.74) is 0.711. The van der Waals surface area contributed by atoms with E-state index in [1.165, 1.54) is 16.6 Å². The Morgan fingerprint density at radius 3 is 3.12 bits per heavy atom. The maximum atomic E-state index is 12.2. The Labute approximate surface area is 146 Å². The number of hydrogen-bond donors (Lipinski definition) is 1.